The first-order chi connectivity index (χ1) is 8.48. The first-order valence-electron chi connectivity index (χ1n) is 6.51. The van der Waals surface area contributed by atoms with Crippen LogP contribution in [0.3, 0.4) is 0 Å². The van der Waals surface area contributed by atoms with Gasteiger partial charge in [-0.05, 0) is 17.8 Å². The van der Waals surface area contributed by atoms with E-state index in [0.717, 1.165) is 0 Å². The highest BCUT2D eigenvalue weighted by atomic mass is 16.5. The van der Waals surface area contributed by atoms with E-state index in [9.17, 15) is 9.59 Å². The van der Waals surface area contributed by atoms with E-state index < -0.39 is 11.5 Å². The monoisotopic (exact) mass is 271 g/mol. The van der Waals surface area contributed by atoms with Gasteiger partial charge in [-0.1, -0.05) is 27.7 Å². The molecule has 1 amide bonds. The number of ether oxygens (including phenoxy) is 1. The third kappa shape index (κ3) is 2.91. The molecule has 19 heavy (non-hydrogen) atoms. The summed E-state index contributed by atoms with van der Waals surface area (Å²) < 4.78 is 5.03. The fourth-order valence-electron chi connectivity index (χ4n) is 3.01. The number of methoxy groups -OCH3 is 1. The second-order valence-corrected chi connectivity index (χ2v) is 6.93. The molecule has 1 aliphatic carbocycles. The largest absolute Gasteiger partial charge is 0.481 e. The molecule has 0 saturated heterocycles. The zero-order valence-electron chi connectivity index (χ0n) is 12.7. The molecule has 1 saturated carbocycles. The van der Waals surface area contributed by atoms with E-state index in [1.54, 1.807) is 6.92 Å². The first-order valence-corrected chi connectivity index (χ1v) is 6.51. The lowest BCUT2D eigenvalue weighted by atomic mass is 9.98. The van der Waals surface area contributed by atoms with Crippen LogP contribution >= 0.6 is 0 Å². The number of carbonyl (C=O) groups excluding carboxylic acids is 1. The van der Waals surface area contributed by atoms with Gasteiger partial charge in [-0.15, -0.1) is 0 Å². The summed E-state index contributed by atoms with van der Waals surface area (Å²) in [5, 5.41) is 11.8. The molecule has 1 aliphatic rings. The molecule has 0 aromatic carbocycles. The predicted octanol–water partition coefficient (Wildman–Crippen LogP) is 1.66. The van der Waals surface area contributed by atoms with Crippen molar-refractivity contribution >= 4 is 11.9 Å². The molecular formula is C14H25NO4. The van der Waals surface area contributed by atoms with E-state index in [0.29, 0.717) is 0 Å². The smallest absolute Gasteiger partial charge is 0.305 e. The second kappa shape index (κ2) is 4.78. The van der Waals surface area contributed by atoms with Gasteiger partial charge < -0.3 is 15.2 Å². The molecule has 5 nitrogen and oxygen atoms in total. The fraction of sp³-hybridized carbons (Fsp3) is 0.857. The van der Waals surface area contributed by atoms with Gasteiger partial charge in [0.2, 0.25) is 5.91 Å². The number of carboxylic acids is 1. The molecule has 0 heterocycles. The fourth-order valence-corrected chi connectivity index (χ4v) is 3.01. The van der Waals surface area contributed by atoms with Crippen molar-refractivity contribution in [2.24, 2.45) is 16.7 Å². The van der Waals surface area contributed by atoms with Crippen molar-refractivity contribution in [2.75, 3.05) is 13.7 Å². The Balaban J connectivity index is 2.76. The van der Waals surface area contributed by atoms with E-state index in [-0.39, 0.29) is 35.7 Å². The van der Waals surface area contributed by atoms with E-state index in [1.165, 1.54) is 7.11 Å². The second-order valence-electron chi connectivity index (χ2n) is 6.93. The summed E-state index contributed by atoms with van der Waals surface area (Å²) in [4.78, 5) is 23.3. The maximum absolute atomic E-state index is 12.3. The maximum atomic E-state index is 12.3. The van der Waals surface area contributed by atoms with Crippen LogP contribution in [0, 0.1) is 16.7 Å². The Labute approximate surface area is 114 Å². The molecule has 0 spiro atoms. The standard InChI is InChI=1S/C14H25NO4/c1-12(2)10(13(12,3)4)11(18)15-14(5,8-19-6)7-9(16)17/h10H,7-8H2,1-6H3,(H,15,18)(H,16,17)/t14-/m1/s1. The van der Waals surface area contributed by atoms with Gasteiger partial charge >= 0.3 is 5.97 Å². The molecule has 0 aromatic heterocycles. The molecular weight excluding hydrogens is 246 g/mol. The van der Waals surface area contributed by atoms with Gasteiger partial charge in [-0.3, -0.25) is 9.59 Å². The van der Waals surface area contributed by atoms with Gasteiger partial charge in [0.1, 0.15) is 0 Å². The van der Waals surface area contributed by atoms with Gasteiger partial charge in [-0.2, -0.15) is 0 Å². The lowest BCUT2D eigenvalue weighted by molar-refractivity contribution is -0.139. The Morgan fingerprint density at radius 3 is 2.05 bits per heavy atom. The summed E-state index contributed by atoms with van der Waals surface area (Å²) in [6, 6.07) is 0. The molecule has 110 valence electrons. The Morgan fingerprint density at radius 2 is 1.74 bits per heavy atom. The molecule has 2 N–H and O–H groups in total. The highest BCUT2D eigenvalue weighted by Gasteiger charge is 2.68. The van der Waals surface area contributed by atoms with Crippen molar-refractivity contribution in [3.05, 3.63) is 0 Å². The van der Waals surface area contributed by atoms with E-state index in [4.69, 9.17) is 9.84 Å². The summed E-state index contributed by atoms with van der Waals surface area (Å²) >= 11 is 0. The summed E-state index contributed by atoms with van der Waals surface area (Å²) in [5.74, 6) is -1.13. The quantitative estimate of drug-likeness (QED) is 0.770. The number of carboxylic acid groups (broad SMARTS) is 1. The van der Waals surface area contributed by atoms with Gasteiger partial charge in [-0.25, -0.2) is 0 Å². The lowest BCUT2D eigenvalue weighted by Crippen LogP contribution is -2.51. The third-order valence-electron chi connectivity index (χ3n) is 4.71. The number of aliphatic carboxylic acids is 1. The van der Waals surface area contributed by atoms with E-state index in [2.05, 4.69) is 33.0 Å². The Hall–Kier alpha value is -1.10. The zero-order chi connectivity index (χ0) is 15.1. The number of hydrogen-bond acceptors (Lipinski definition) is 3. The minimum atomic E-state index is -0.950. The average molecular weight is 271 g/mol. The van der Waals surface area contributed by atoms with Crippen molar-refractivity contribution in [3.63, 3.8) is 0 Å². The summed E-state index contributed by atoms with van der Waals surface area (Å²) in [6.07, 6.45) is -0.153. The highest BCUT2D eigenvalue weighted by Crippen LogP contribution is 2.68. The van der Waals surface area contributed by atoms with Crippen molar-refractivity contribution in [1.29, 1.82) is 0 Å². The van der Waals surface area contributed by atoms with Crippen LogP contribution in [0.4, 0.5) is 0 Å². The molecule has 0 radical (unpaired) electrons. The minimum absolute atomic E-state index is 0.0612. The van der Waals surface area contributed by atoms with Gasteiger partial charge in [0, 0.05) is 13.0 Å². The number of amides is 1. The van der Waals surface area contributed by atoms with Gasteiger partial charge in [0.05, 0.1) is 18.6 Å². The summed E-state index contributed by atoms with van der Waals surface area (Å²) in [7, 11) is 1.50. The van der Waals surface area contributed by atoms with Gasteiger partial charge in [0.25, 0.3) is 0 Å². The predicted molar refractivity (Wildman–Crippen MR) is 71.7 cm³/mol. The molecule has 1 atom stereocenters. The molecule has 1 rings (SSSR count). The van der Waals surface area contributed by atoms with Crippen LogP contribution in [0.25, 0.3) is 0 Å². The zero-order valence-corrected chi connectivity index (χ0v) is 12.7. The molecule has 0 unspecified atom stereocenters. The highest BCUT2D eigenvalue weighted by molar-refractivity contribution is 5.85. The average Bonchev–Trinajstić information content (AvgIpc) is 2.54. The Bertz CT molecular complexity index is 375. The Morgan fingerprint density at radius 1 is 1.26 bits per heavy atom. The van der Waals surface area contributed by atoms with E-state index in [1.807, 2.05) is 0 Å². The van der Waals surface area contributed by atoms with Crippen LogP contribution in [0.1, 0.15) is 41.0 Å². The summed E-state index contributed by atoms with van der Waals surface area (Å²) in [6.45, 7) is 10.1. The Kier molecular flexibility index (Phi) is 4.01. The normalized spacial score (nSPS) is 23.5. The third-order valence-corrected chi connectivity index (χ3v) is 4.71. The number of rotatable bonds is 6. The van der Waals surface area contributed by atoms with Crippen LogP contribution in [0.2, 0.25) is 0 Å². The van der Waals surface area contributed by atoms with Crippen LogP contribution in [0.5, 0.6) is 0 Å². The van der Waals surface area contributed by atoms with Crippen LogP contribution in [-0.4, -0.2) is 36.2 Å². The maximum Gasteiger partial charge on any atom is 0.305 e. The van der Waals surface area contributed by atoms with Crippen molar-refractivity contribution < 1.29 is 19.4 Å². The van der Waals surface area contributed by atoms with Crippen molar-refractivity contribution in [3.8, 4) is 0 Å². The van der Waals surface area contributed by atoms with E-state index >= 15 is 0 Å². The number of carbonyl (C=O) groups is 2. The molecule has 0 aliphatic heterocycles. The van der Waals surface area contributed by atoms with Crippen molar-refractivity contribution in [1.82, 2.24) is 5.32 Å². The molecule has 0 bridgehead atoms. The SMILES string of the molecule is COC[C@@](C)(CC(=O)O)NC(=O)C1C(C)(C)C1(C)C. The lowest BCUT2D eigenvalue weighted by Gasteiger charge is -2.29. The molecule has 1 fully saturated rings. The van der Waals surface area contributed by atoms with Crippen molar-refractivity contribution in [2.45, 2.75) is 46.6 Å². The first kappa shape index (κ1) is 16.0. The molecule has 5 heteroatoms. The summed E-state index contributed by atoms with van der Waals surface area (Å²) in [5.41, 5.74) is -0.991. The molecule has 0 aromatic rings. The van der Waals surface area contributed by atoms with Gasteiger partial charge in [0.15, 0.2) is 0 Å². The van der Waals surface area contributed by atoms with Crippen LogP contribution in [-0.2, 0) is 14.3 Å². The van der Waals surface area contributed by atoms with Crippen LogP contribution in [0.15, 0.2) is 0 Å². The number of nitrogens with one attached hydrogen (secondary N) is 1. The topological polar surface area (TPSA) is 75.6 Å². The number of hydrogen-bond donors (Lipinski definition) is 2. The minimum Gasteiger partial charge on any atom is -0.481 e. The van der Waals surface area contributed by atoms with Crippen LogP contribution < -0.4 is 5.32 Å².